The lowest BCUT2D eigenvalue weighted by Gasteiger charge is -2.25. The van der Waals surface area contributed by atoms with Crippen molar-refractivity contribution in [3.05, 3.63) is 0 Å². The van der Waals surface area contributed by atoms with Crippen molar-refractivity contribution in [1.29, 1.82) is 0 Å². The fourth-order valence-corrected chi connectivity index (χ4v) is 2.94. The Labute approximate surface area is 202 Å². The molecule has 0 heterocycles. The van der Waals surface area contributed by atoms with Gasteiger partial charge in [0.25, 0.3) is 0 Å². The van der Waals surface area contributed by atoms with Crippen LogP contribution in [-0.2, 0) is 28.8 Å². The van der Waals surface area contributed by atoms with E-state index >= 15 is 0 Å². The van der Waals surface area contributed by atoms with Gasteiger partial charge in [-0.3, -0.25) is 24.0 Å². The van der Waals surface area contributed by atoms with Crippen LogP contribution in [0.1, 0.15) is 51.9 Å². The lowest BCUT2D eigenvalue weighted by molar-refractivity contribution is -0.145. The van der Waals surface area contributed by atoms with Crippen LogP contribution in [0.15, 0.2) is 0 Å². The SMILES string of the molecule is CC(O)C(NC(=O)C(CCC(N)=O)NC(=O)C(CCC(N)=O)NC(=O)C(N)CCCCN)C(=O)O. The van der Waals surface area contributed by atoms with Crippen LogP contribution in [0.4, 0.5) is 0 Å². The molecule has 5 atom stereocenters. The minimum atomic E-state index is -1.69. The average Bonchev–Trinajstić information content (AvgIpc) is 2.76. The number of hydrogen-bond donors (Lipinski definition) is 9. The Hall–Kier alpha value is -3.30. The number of primary amides is 2. The fourth-order valence-electron chi connectivity index (χ4n) is 2.94. The molecule has 0 aromatic carbocycles. The van der Waals surface area contributed by atoms with Gasteiger partial charge in [0, 0.05) is 12.8 Å². The lowest BCUT2D eigenvalue weighted by Crippen LogP contribution is -2.58. The molecule has 0 aliphatic rings. The maximum atomic E-state index is 12.9. The molecule has 0 spiro atoms. The number of aliphatic hydroxyl groups excluding tert-OH is 1. The summed E-state index contributed by atoms with van der Waals surface area (Å²) in [6.07, 6.45) is -1.07. The minimum absolute atomic E-state index is 0.210. The maximum absolute atomic E-state index is 12.9. The first-order valence-electron chi connectivity index (χ1n) is 11.1. The van der Waals surface area contributed by atoms with Crippen LogP contribution < -0.4 is 38.9 Å². The number of carboxylic acid groups (broad SMARTS) is 1. The molecule has 0 aromatic heterocycles. The molecule has 15 heteroatoms. The normalized spacial score (nSPS) is 15.1. The summed E-state index contributed by atoms with van der Waals surface area (Å²) >= 11 is 0. The van der Waals surface area contributed by atoms with Gasteiger partial charge >= 0.3 is 5.97 Å². The summed E-state index contributed by atoms with van der Waals surface area (Å²) in [5, 5.41) is 25.6. The number of nitrogens with two attached hydrogens (primary N) is 4. The van der Waals surface area contributed by atoms with E-state index in [2.05, 4.69) is 16.0 Å². The van der Waals surface area contributed by atoms with Gasteiger partial charge in [-0.2, -0.15) is 0 Å². The highest BCUT2D eigenvalue weighted by Gasteiger charge is 2.32. The van der Waals surface area contributed by atoms with Crippen molar-refractivity contribution in [1.82, 2.24) is 16.0 Å². The molecule has 0 aromatic rings. The van der Waals surface area contributed by atoms with E-state index < -0.39 is 65.8 Å². The van der Waals surface area contributed by atoms with Crippen LogP contribution in [0.2, 0.25) is 0 Å². The molecule has 13 N–H and O–H groups in total. The summed E-state index contributed by atoms with van der Waals surface area (Å²) in [7, 11) is 0. The molecule has 15 nitrogen and oxygen atoms in total. The zero-order valence-electron chi connectivity index (χ0n) is 19.7. The van der Waals surface area contributed by atoms with E-state index in [-0.39, 0.29) is 25.7 Å². The number of amides is 5. The second kappa shape index (κ2) is 16.3. The van der Waals surface area contributed by atoms with Crippen LogP contribution >= 0.6 is 0 Å². The van der Waals surface area contributed by atoms with E-state index in [4.69, 9.17) is 28.0 Å². The smallest absolute Gasteiger partial charge is 0.328 e. The summed E-state index contributed by atoms with van der Waals surface area (Å²) in [4.78, 5) is 71.7. The Kier molecular flexibility index (Phi) is 14.8. The molecule has 0 bridgehead atoms. The number of hydrogen-bond acceptors (Lipinski definition) is 9. The Morgan fingerprint density at radius 2 is 1.23 bits per heavy atom. The minimum Gasteiger partial charge on any atom is -0.480 e. The summed E-state index contributed by atoms with van der Waals surface area (Å²) < 4.78 is 0. The van der Waals surface area contributed by atoms with Gasteiger partial charge in [-0.15, -0.1) is 0 Å². The predicted molar refractivity (Wildman–Crippen MR) is 123 cm³/mol. The third kappa shape index (κ3) is 13.2. The summed E-state index contributed by atoms with van der Waals surface area (Å²) in [5.41, 5.74) is 21.5. The molecule has 0 radical (unpaired) electrons. The van der Waals surface area contributed by atoms with E-state index in [1.54, 1.807) is 0 Å². The van der Waals surface area contributed by atoms with Gasteiger partial charge in [-0.05, 0) is 39.2 Å². The molecule has 0 fully saturated rings. The van der Waals surface area contributed by atoms with Crippen molar-refractivity contribution >= 4 is 35.5 Å². The highest BCUT2D eigenvalue weighted by Crippen LogP contribution is 2.06. The van der Waals surface area contributed by atoms with E-state index in [1.807, 2.05) is 0 Å². The number of carboxylic acids is 1. The maximum Gasteiger partial charge on any atom is 0.328 e. The van der Waals surface area contributed by atoms with Gasteiger partial charge in [-0.1, -0.05) is 6.42 Å². The number of nitrogens with one attached hydrogen (secondary N) is 3. The highest BCUT2D eigenvalue weighted by atomic mass is 16.4. The van der Waals surface area contributed by atoms with Crippen LogP contribution in [0.5, 0.6) is 0 Å². The summed E-state index contributed by atoms with van der Waals surface area (Å²) in [5.74, 6) is -5.64. The highest BCUT2D eigenvalue weighted by molar-refractivity contribution is 5.94. The van der Waals surface area contributed by atoms with Gasteiger partial charge < -0.3 is 49.1 Å². The van der Waals surface area contributed by atoms with Gasteiger partial charge in [0.05, 0.1) is 12.1 Å². The molecule has 0 saturated heterocycles. The van der Waals surface area contributed by atoms with Crippen molar-refractivity contribution in [2.45, 2.75) is 82.1 Å². The van der Waals surface area contributed by atoms with E-state index in [1.165, 1.54) is 0 Å². The Bertz CT molecular complexity index is 762. The first kappa shape index (κ1) is 31.7. The van der Waals surface area contributed by atoms with E-state index in [0.717, 1.165) is 6.92 Å². The monoisotopic (exact) mass is 503 g/mol. The molecule has 200 valence electrons. The molecule has 5 unspecified atom stereocenters. The standard InChI is InChI=1S/C20H37N7O8/c1-10(28)16(20(34)35)27-19(33)13(6-8-15(24)30)26-18(32)12(5-7-14(23)29)25-17(31)11(22)4-2-3-9-21/h10-13,16,28H,2-9,21-22H2,1H3,(H2,23,29)(H2,24,30)(H,25,31)(H,26,32)(H,27,33)(H,34,35). The third-order valence-electron chi connectivity index (χ3n) is 4.98. The first-order chi connectivity index (χ1) is 16.3. The first-order valence-corrected chi connectivity index (χ1v) is 11.1. The van der Waals surface area contributed by atoms with Crippen LogP contribution in [-0.4, -0.2) is 82.5 Å². The number of rotatable bonds is 18. The molecule has 0 aliphatic heterocycles. The van der Waals surface area contributed by atoms with Crippen LogP contribution in [0.25, 0.3) is 0 Å². The Morgan fingerprint density at radius 3 is 1.63 bits per heavy atom. The number of aliphatic hydroxyl groups is 1. The fraction of sp³-hybridized carbons (Fsp3) is 0.700. The number of unbranched alkanes of at least 4 members (excludes halogenated alkanes) is 1. The zero-order valence-corrected chi connectivity index (χ0v) is 19.7. The predicted octanol–water partition coefficient (Wildman–Crippen LogP) is -4.11. The molecule has 0 saturated carbocycles. The van der Waals surface area contributed by atoms with E-state index in [0.29, 0.717) is 25.8 Å². The van der Waals surface area contributed by atoms with Crippen molar-refractivity contribution in [2.24, 2.45) is 22.9 Å². The van der Waals surface area contributed by atoms with Gasteiger partial charge in [-0.25, -0.2) is 4.79 Å². The topological polar surface area (TPSA) is 283 Å². The van der Waals surface area contributed by atoms with Crippen molar-refractivity contribution in [2.75, 3.05) is 6.54 Å². The number of carbonyl (C=O) groups is 6. The quantitative estimate of drug-likeness (QED) is 0.0814. The molecular formula is C20H37N7O8. The Balaban J connectivity index is 5.55. The van der Waals surface area contributed by atoms with Crippen molar-refractivity contribution in [3.8, 4) is 0 Å². The molecule has 5 amide bonds. The molecule has 0 aliphatic carbocycles. The summed E-state index contributed by atoms with van der Waals surface area (Å²) in [6.45, 7) is 1.56. The Morgan fingerprint density at radius 1 is 0.771 bits per heavy atom. The largest absolute Gasteiger partial charge is 0.480 e. The number of aliphatic carboxylic acids is 1. The van der Waals surface area contributed by atoms with Gasteiger partial charge in [0.2, 0.25) is 29.5 Å². The van der Waals surface area contributed by atoms with Crippen LogP contribution in [0.3, 0.4) is 0 Å². The molecule has 35 heavy (non-hydrogen) atoms. The van der Waals surface area contributed by atoms with Gasteiger partial charge in [0.15, 0.2) is 6.04 Å². The second-order valence-electron chi connectivity index (χ2n) is 8.09. The molecule has 0 rings (SSSR count). The number of carbonyl (C=O) groups excluding carboxylic acids is 5. The average molecular weight is 504 g/mol. The second-order valence-corrected chi connectivity index (χ2v) is 8.09. The van der Waals surface area contributed by atoms with E-state index in [9.17, 15) is 33.9 Å². The zero-order chi connectivity index (χ0) is 27.1. The van der Waals surface area contributed by atoms with Crippen molar-refractivity contribution in [3.63, 3.8) is 0 Å². The van der Waals surface area contributed by atoms with Crippen LogP contribution in [0, 0.1) is 0 Å². The third-order valence-corrected chi connectivity index (χ3v) is 4.98. The van der Waals surface area contributed by atoms with Gasteiger partial charge in [0.1, 0.15) is 12.1 Å². The lowest BCUT2D eigenvalue weighted by atomic mass is 10.0. The van der Waals surface area contributed by atoms with Crippen molar-refractivity contribution < 1.29 is 39.0 Å². The molecular weight excluding hydrogens is 466 g/mol. The summed E-state index contributed by atoms with van der Waals surface area (Å²) in [6, 6.07) is -5.40.